The van der Waals surface area contributed by atoms with E-state index in [1.165, 1.54) is 0 Å². The van der Waals surface area contributed by atoms with Crippen LogP contribution in [0.4, 0.5) is 0 Å². The molecular weight excluding hydrogens is 264 g/mol. The standard InChI is InChI=1S/C17H18N2O2/c18-10-3-11-20-16-6-8-17(9-7-16)21-13-15-5-2-1-4-14(15)12-19/h1-2,4-9H,3,10-11,13,18H2. The third-order valence-corrected chi connectivity index (χ3v) is 2.97. The van der Waals surface area contributed by atoms with E-state index in [2.05, 4.69) is 6.07 Å². The lowest BCUT2D eigenvalue weighted by Crippen LogP contribution is -2.06. The lowest BCUT2D eigenvalue weighted by molar-refractivity contribution is 0.300. The minimum absolute atomic E-state index is 0.372. The molecule has 21 heavy (non-hydrogen) atoms. The fourth-order valence-corrected chi connectivity index (χ4v) is 1.82. The zero-order valence-corrected chi connectivity index (χ0v) is 11.8. The summed E-state index contributed by atoms with van der Waals surface area (Å²) < 4.78 is 11.2. The van der Waals surface area contributed by atoms with Crippen LogP contribution in [-0.2, 0) is 6.61 Å². The van der Waals surface area contributed by atoms with Crippen LogP contribution in [-0.4, -0.2) is 13.2 Å². The number of benzene rings is 2. The first-order valence-corrected chi connectivity index (χ1v) is 6.87. The molecule has 2 aromatic rings. The van der Waals surface area contributed by atoms with Crippen LogP contribution in [0.25, 0.3) is 0 Å². The molecule has 0 amide bonds. The third-order valence-electron chi connectivity index (χ3n) is 2.97. The van der Waals surface area contributed by atoms with E-state index in [4.69, 9.17) is 20.5 Å². The van der Waals surface area contributed by atoms with E-state index >= 15 is 0 Å². The summed E-state index contributed by atoms with van der Waals surface area (Å²) in [5.41, 5.74) is 6.93. The highest BCUT2D eigenvalue weighted by Gasteiger charge is 2.02. The summed E-state index contributed by atoms with van der Waals surface area (Å²) in [6.45, 7) is 1.61. The van der Waals surface area contributed by atoms with E-state index < -0.39 is 0 Å². The molecule has 4 nitrogen and oxygen atoms in total. The fraction of sp³-hybridized carbons (Fsp3) is 0.235. The maximum absolute atomic E-state index is 9.02. The SMILES string of the molecule is N#Cc1ccccc1COc1ccc(OCCCN)cc1. The minimum atomic E-state index is 0.372. The zero-order valence-electron chi connectivity index (χ0n) is 11.8. The van der Waals surface area contributed by atoms with Crippen LogP contribution in [0.15, 0.2) is 48.5 Å². The van der Waals surface area contributed by atoms with Gasteiger partial charge in [-0.1, -0.05) is 18.2 Å². The first kappa shape index (κ1) is 14.9. The van der Waals surface area contributed by atoms with Gasteiger partial charge in [-0.3, -0.25) is 0 Å². The van der Waals surface area contributed by atoms with Gasteiger partial charge in [-0.15, -0.1) is 0 Å². The van der Waals surface area contributed by atoms with Crippen LogP contribution >= 0.6 is 0 Å². The Morgan fingerprint density at radius 2 is 1.62 bits per heavy atom. The van der Waals surface area contributed by atoms with Crippen molar-refractivity contribution in [2.45, 2.75) is 13.0 Å². The summed E-state index contributed by atoms with van der Waals surface area (Å²) in [6, 6.07) is 17.0. The molecule has 4 heteroatoms. The van der Waals surface area contributed by atoms with Crippen LogP contribution in [0.1, 0.15) is 17.5 Å². The van der Waals surface area contributed by atoms with E-state index in [1.54, 1.807) is 6.07 Å². The van der Waals surface area contributed by atoms with Gasteiger partial charge < -0.3 is 15.2 Å². The Balaban J connectivity index is 1.90. The van der Waals surface area contributed by atoms with Gasteiger partial charge in [0.15, 0.2) is 0 Å². The van der Waals surface area contributed by atoms with Crippen molar-refractivity contribution in [3.8, 4) is 17.6 Å². The lowest BCUT2D eigenvalue weighted by atomic mass is 10.1. The number of ether oxygens (including phenoxy) is 2. The van der Waals surface area contributed by atoms with Gasteiger partial charge in [-0.05, 0) is 43.3 Å². The molecule has 0 aromatic heterocycles. The van der Waals surface area contributed by atoms with Gasteiger partial charge in [-0.2, -0.15) is 5.26 Å². The molecular formula is C17H18N2O2. The van der Waals surface area contributed by atoms with Gasteiger partial charge in [0.05, 0.1) is 18.2 Å². The molecule has 0 bridgehead atoms. The van der Waals surface area contributed by atoms with Crippen LogP contribution < -0.4 is 15.2 Å². The monoisotopic (exact) mass is 282 g/mol. The van der Waals surface area contributed by atoms with E-state index in [9.17, 15) is 0 Å². The van der Waals surface area contributed by atoms with Crippen molar-refractivity contribution in [2.24, 2.45) is 5.73 Å². The highest BCUT2D eigenvalue weighted by Crippen LogP contribution is 2.19. The van der Waals surface area contributed by atoms with Crippen molar-refractivity contribution < 1.29 is 9.47 Å². The predicted molar refractivity (Wildman–Crippen MR) is 81.1 cm³/mol. The molecule has 0 aliphatic carbocycles. The van der Waals surface area contributed by atoms with E-state index in [0.29, 0.717) is 25.3 Å². The van der Waals surface area contributed by atoms with Gasteiger partial charge in [0.2, 0.25) is 0 Å². The van der Waals surface area contributed by atoms with Gasteiger partial charge in [0, 0.05) is 5.56 Å². The maximum Gasteiger partial charge on any atom is 0.120 e. The number of hydrogen-bond donors (Lipinski definition) is 1. The smallest absolute Gasteiger partial charge is 0.120 e. The van der Waals surface area contributed by atoms with Crippen molar-refractivity contribution in [1.82, 2.24) is 0 Å². The van der Waals surface area contributed by atoms with Crippen molar-refractivity contribution in [3.05, 3.63) is 59.7 Å². The van der Waals surface area contributed by atoms with Gasteiger partial charge in [-0.25, -0.2) is 0 Å². The molecule has 0 heterocycles. The Morgan fingerprint density at radius 3 is 2.29 bits per heavy atom. The molecule has 0 radical (unpaired) electrons. The summed E-state index contributed by atoms with van der Waals surface area (Å²) in [5.74, 6) is 1.54. The number of nitrogens with two attached hydrogens (primary N) is 1. The first-order valence-electron chi connectivity index (χ1n) is 6.87. The molecule has 0 fully saturated rings. The van der Waals surface area contributed by atoms with Crippen LogP contribution in [0.2, 0.25) is 0 Å². The molecule has 2 rings (SSSR count). The van der Waals surface area contributed by atoms with Crippen molar-refractivity contribution in [1.29, 1.82) is 5.26 Å². The summed E-state index contributed by atoms with van der Waals surface area (Å²) >= 11 is 0. The summed E-state index contributed by atoms with van der Waals surface area (Å²) in [6.07, 6.45) is 0.837. The molecule has 0 spiro atoms. The second-order valence-corrected chi connectivity index (χ2v) is 4.52. The van der Waals surface area contributed by atoms with Gasteiger partial charge >= 0.3 is 0 Å². The Labute approximate surface area is 124 Å². The zero-order chi connectivity index (χ0) is 14.9. The van der Waals surface area contributed by atoms with Crippen molar-refractivity contribution in [2.75, 3.05) is 13.2 Å². The number of rotatable bonds is 7. The van der Waals surface area contributed by atoms with E-state index in [0.717, 1.165) is 23.5 Å². The van der Waals surface area contributed by atoms with Crippen LogP contribution in [0.3, 0.4) is 0 Å². The average molecular weight is 282 g/mol. The number of nitriles is 1. The van der Waals surface area contributed by atoms with E-state index in [-0.39, 0.29) is 0 Å². The van der Waals surface area contributed by atoms with Crippen LogP contribution in [0.5, 0.6) is 11.5 Å². The number of nitrogens with zero attached hydrogens (tertiary/aromatic N) is 1. The Morgan fingerprint density at radius 1 is 0.952 bits per heavy atom. The normalized spacial score (nSPS) is 9.90. The predicted octanol–water partition coefficient (Wildman–Crippen LogP) is 2.86. The highest BCUT2D eigenvalue weighted by atomic mass is 16.5. The Hall–Kier alpha value is -2.51. The van der Waals surface area contributed by atoms with Gasteiger partial charge in [0.1, 0.15) is 18.1 Å². The van der Waals surface area contributed by atoms with E-state index in [1.807, 2.05) is 42.5 Å². The lowest BCUT2D eigenvalue weighted by Gasteiger charge is -2.09. The number of hydrogen-bond acceptors (Lipinski definition) is 4. The molecule has 0 atom stereocenters. The highest BCUT2D eigenvalue weighted by molar-refractivity contribution is 5.37. The Kier molecular flexibility index (Phi) is 5.62. The largest absolute Gasteiger partial charge is 0.494 e. The fourth-order valence-electron chi connectivity index (χ4n) is 1.82. The maximum atomic E-state index is 9.02. The summed E-state index contributed by atoms with van der Waals surface area (Å²) in [7, 11) is 0. The first-order chi connectivity index (χ1) is 10.3. The molecule has 0 saturated heterocycles. The summed E-state index contributed by atoms with van der Waals surface area (Å²) in [4.78, 5) is 0. The topological polar surface area (TPSA) is 68.3 Å². The molecule has 0 aliphatic heterocycles. The summed E-state index contributed by atoms with van der Waals surface area (Å²) in [5, 5.41) is 9.02. The third kappa shape index (κ3) is 4.51. The molecule has 108 valence electrons. The minimum Gasteiger partial charge on any atom is -0.494 e. The molecule has 0 aliphatic rings. The van der Waals surface area contributed by atoms with Crippen molar-refractivity contribution >= 4 is 0 Å². The quantitative estimate of drug-likeness (QED) is 0.793. The second kappa shape index (κ2) is 7.93. The molecule has 0 saturated carbocycles. The van der Waals surface area contributed by atoms with Crippen LogP contribution in [0, 0.1) is 11.3 Å². The molecule has 0 unspecified atom stereocenters. The molecule has 2 aromatic carbocycles. The molecule has 2 N–H and O–H groups in total. The second-order valence-electron chi connectivity index (χ2n) is 4.52. The van der Waals surface area contributed by atoms with Gasteiger partial charge in [0.25, 0.3) is 0 Å². The average Bonchev–Trinajstić information content (AvgIpc) is 2.54. The van der Waals surface area contributed by atoms with Crippen molar-refractivity contribution in [3.63, 3.8) is 0 Å². The Bertz CT molecular complexity index is 603.